The molecule has 5 nitrogen and oxygen atoms in total. The van der Waals surface area contributed by atoms with Gasteiger partial charge in [0.2, 0.25) is 0 Å². The Morgan fingerprint density at radius 3 is 2.42 bits per heavy atom. The summed E-state index contributed by atoms with van der Waals surface area (Å²) in [4.78, 5) is 27.7. The van der Waals surface area contributed by atoms with Crippen LogP contribution in [0, 0.1) is 0 Å². The second kappa shape index (κ2) is 11.4. The summed E-state index contributed by atoms with van der Waals surface area (Å²) >= 11 is 0. The lowest BCUT2D eigenvalue weighted by atomic mass is 9.89. The van der Waals surface area contributed by atoms with Gasteiger partial charge in [0.15, 0.2) is 0 Å². The van der Waals surface area contributed by atoms with Crippen LogP contribution in [0.4, 0.5) is 10.5 Å². The van der Waals surface area contributed by atoms with E-state index in [2.05, 4.69) is 35.8 Å². The zero-order valence-corrected chi connectivity index (χ0v) is 19.8. The normalized spacial score (nSPS) is 19.5. The third-order valence-electron chi connectivity index (χ3n) is 7.13. The number of hydrogen-bond donors (Lipinski definition) is 2. The first-order valence-electron chi connectivity index (χ1n) is 12.7. The fraction of sp³-hybridized carbons (Fsp3) is 0.500. The van der Waals surface area contributed by atoms with Gasteiger partial charge in [-0.3, -0.25) is 4.79 Å². The van der Waals surface area contributed by atoms with Gasteiger partial charge in [-0.25, -0.2) is 4.79 Å². The zero-order chi connectivity index (χ0) is 23.0. The minimum atomic E-state index is -0.0498. The van der Waals surface area contributed by atoms with E-state index in [1.54, 1.807) is 0 Å². The molecule has 1 heterocycles. The number of hydrogen-bond acceptors (Lipinski definition) is 2. The van der Waals surface area contributed by atoms with E-state index in [-0.39, 0.29) is 17.9 Å². The van der Waals surface area contributed by atoms with Crippen molar-refractivity contribution in [3.63, 3.8) is 0 Å². The van der Waals surface area contributed by atoms with E-state index < -0.39 is 0 Å². The van der Waals surface area contributed by atoms with Crippen molar-refractivity contribution >= 4 is 17.6 Å². The van der Waals surface area contributed by atoms with Crippen LogP contribution in [0.1, 0.15) is 85.7 Å². The van der Waals surface area contributed by atoms with Gasteiger partial charge < -0.3 is 15.5 Å². The Labute approximate surface area is 197 Å². The molecule has 176 valence electrons. The molecular formula is C28H37N3O2. The Morgan fingerprint density at radius 2 is 1.70 bits per heavy atom. The predicted molar refractivity (Wildman–Crippen MR) is 134 cm³/mol. The number of anilines is 1. The summed E-state index contributed by atoms with van der Waals surface area (Å²) < 4.78 is 0. The van der Waals surface area contributed by atoms with Crippen LogP contribution < -0.4 is 10.6 Å². The molecule has 2 aromatic carbocycles. The van der Waals surface area contributed by atoms with Gasteiger partial charge in [-0.05, 0) is 67.5 Å². The molecule has 1 atom stereocenters. The van der Waals surface area contributed by atoms with Gasteiger partial charge in [0.25, 0.3) is 5.91 Å². The molecule has 1 unspecified atom stereocenters. The topological polar surface area (TPSA) is 61.4 Å². The Hall–Kier alpha value is -2.82. The second-order valence-corrected chi connectivity index (χ2v) is 9.55. The molecule has 2 aliphatic rings. The van der Waals surface area contributed by atoms with E-state index in [1.165, 1.54) is 31.2 Å². The average molecular weight is 448 g/mol. The molecular weight excluding hydrogens is 410 g/mol. The highest BCUT2D eigenvalue weighted by Gasteiger charge is 2.25. The first-order chi connectivity index (χ1) is 16.1. The lowest BCUT2D eigenvalue weighted by Crippen LogP contribution is -2.41. The number of nitrogens with zero attached hydrogens (tertiary/aromatic N) is 1. The van der Waals surface area contributed by atoms with E-state index in [0.717, 1.165) is 55.5 Å². The molecule has 0 aromatic heterocycles. The number of benzene rings is 2. The summed E-state index contributed by atoms with van der Waals surface area (Å²) in [6, 6.07) is 16.3. The van der Waals surface area contributed by atoms with Gasteiger partial charge >= 0.3 is 6.03 Å². The number of nitrogens with one attached hydrogen (secondary N) is 2. The number of piperidine rings is 1. The third kappa shape index (κ3) is 6.37. The van der Waals surface area contributed by atoms with Gasteiger partial charge in [0, 0.05) is 36.3 Å². The van der Waals surface area contributed by atoms with Crippen LogP contribution in [0.15, 0.2) is 48.5 Å². The molecule has 0 spiro atoms. The predicted octanol–water partition coefficient (Wildman–Crippen LogP) is 6.11. The summed E-state index contributed by atoms with van der Waals surface area (Å²) in [5.74, 6) is 0.280. The molecule has 0 bridgehead atoms. The van der Waals surface area contributed by atoms with Crippen LogP contribution in [-0.2, 0) is 6.42 Å². The fourth-order valence-corrected chi connectivity index (χ4v) is 5.09. The standard InChI is InChI=1S/C28H37N3O2/c1-2-21-14-16-26(17-15-21)30-28(33)31-18-8-11-24(20-31)22-9-7-10-23(19-22)27(32)29-25-12-5-3-4-6-13-25/h7,9-10,14-17,19,24-25H,2-6,8,11-13,18,20H2,1H3,(H,29,32)(H,30,33). The highest BCUT2D eigenvalue weighted by molar-refractivity contribution is 5.94. The molecule has 33 heavy (non-hydrogen) atoms. The monoisotopic (exact) mass is 447 g/mol. The number of rotatable bonds is 5. The molecule has 0 radical (unpaired) electrons. The van der Waals surface area contributed by atoms with Crippen molar-refractivity contribution in [1.82, 2.24) is 10.2 Å². The molecule has 1 saturated carbocycles. The maximum atomic E-state index is 12.9. The highest BCUT2D eigenvalue weighted by Crippen LogP contribution is 2.28. The van der Waals surface area contributed by atoms with Crippen LogP contribution in [0.5, 0.6) is 0 Å². The molecule has 1 aliphatic heterocycles. The van der Waals surface area contributed by atoms with E-state index in [0.29, 0.717) is 12.6 Å². The Balaban J connectivity index is 1.37. The molecule has 2 N–H and O–H groups in total. The second-order valence-electron chi connectivity index (χ2n) is 9.55. The van der Waals surface area contributed by atoms with Gasteiger partial charge in [-0.1, -0.05) is 56.9 Å². The van der Waals surface area contributed by atoms with Gasteiger partial charge in [0.05, 0.1) is 0 Å². The number of urea groups is 1. The minimum absolute atomic E-state index is 0.0321. The average Bonchev–Trinajstić information content (AvgIpc) is 3.13. The smallest absolute Gasteiger partial charge is 0.321 e. The first kappa shape index (κ1) is 23.3. The van der Waals surface area contributed by atoms with E-state index in [1.807, 2.05) is 35.2 Å². The maximum Gasteiger partial charge on any atom is 0.321 e. The quantitative estimate of drug-likeness (QED) is 0.543. The number of likely N-dealkylation sites (tertiary alicyclic amines) is 1. The lowest BCUT2D eigenvalue weighted by molar-refractivity contribution is 0.0933. The molecule has 1 aliphatic carbocycles. The summed E-state index contributed by atoms with van der Waals surface area (Å²) in [6.45, 7) is 3.56. The number of amides is 3. The van der Waals surface area contributed by atoms with Crippen molar-refractivity contribution in [2.45, 2.75) is 76.7 Å². The SMILES string of the molecule is CCc1ccc(NC(=O)N2CCCC(c3cccc(C(=O)NC4CCCCCC4)c3)C2)cc1. The van der Waals surface area contributed by atoms with Gasteiger partial charge in [0.1, 0.15) is 0 Å². The summed E-state index contributed by atoms with van der Waals surface area (Å²) in [6.07, 6.45) is 10.1. The van der Waals surface area contributed by atoms with Crippen LogP contribution in [-0.4, -0.2) is 36.0 Å². The highest BCUT2D eigenvalue weighted by atomic mass is 16.2. The minimum Gasteiger partial charge on any atom is -0.349 e. The van der Waals surface area contributed by atoms with E-state index >= 15 is 0 Å². The van der Waals surface area contributed by atoms with Crippen molar-refractivity contribution in [1.29, 1.82) is 0 Å². The van der Waals surface area contributed by atoms with Crippen LogP contribution in [0.25, 0.3) is 0 Å². The fourth-order valence-electron chi connectivity index (χ4n) is 5.09. The Bertz CT molecular complexity index is 932. The maximum absolute atomic E-state index is 12.9. The molecule has 4 rings (SSSR count). The number of carbonyl (C=O) groups is 2. The summed E-state index contributed by atoms with van der Waals surface area (Å²) in [5, 5.41) is 6.29. The number of aryl methyl sites for hydroxylation is 1. The molecule has 1 saturated heterocycles. The van der Waals surface area contributed by atoms with Crippen LogP contribution in [0.3, 0.4) is 0 Å². The third-order valence-corrected chi connectivity index (χ3v) is 7.13. The lowest BCUT2D eigenvalue weighted by Gasteiger charge is -2.33. The van der Waals surface area contributed by atoms with Crippen molar-refractivity contribution < 1.29 is 9.59 Å². The summed E-state index contributed by atoms with van der Waals surface area (Å²) in [5.41, 5.74) is 3.97. The molecule has 2 aromatic rings. The van der Waals surface area contributed by atoms with Crippen molar-refractivity contribution in [3.8, 4) is 0 Å². The largest absolute Gasteiger partial charge is 0.349 e. The molecule has 3 amide bonds. The number of carbonyl (C=O) groups excluding carboxylic acids is 2. The zero-order valence-electron chi connectivity index (χ0n) is 19.8. The first-order valence-corrected chi connectivity index (χ1v) is 12.7. The van der Waals surface area contributed by atoms with Crippen molar-refractivity contribution in [2.24, 2.45) is 0 Å². The Morgan fingerprint density at radius 1 is 0.939 bits per heavy atom. The molecule has 5 heteroatoms. The van der Waals surface area contributed by atoms with E-state index in [9.17, 15) is 9.59 Å². The molecule has 2 fully saturated rings. The van der Waals surface area contributed by atoms with Crippen LogP contribution >= 0.6 is 0 Å². The van der Waals surface area contributed by atoms with Gasteiger partial charge in [-0.2, -0.15) is 0 Å². The van der Waals surface area contributed by atoms with Crippen molar-refractivity contribution in [2.75, 3.05) is 18.4 Å². The van der Waals surface area contributed by atoms with E-state index in [4.69, 9.17) is 0 Å². The summed E-state index contributed by atoms with van der Waals surface area (Å²) in [7, 11) is 0. The Kier molecular flexibility index (Phi) is 8.03. The van der Waals surface area contributed by atoms with Crippen molar-refractivity contribution in [3.05, 3.63) is 65.2 Å². The van der Waals surface area contributed by atoms with Gasteiger partial charge in [-0.15, -0.1) is 0 Å². The van der Waals surface area contributed by atoms with Crippen LogP contribution in [0.2, 0.25) is 0 Å².